The average molecular weight is 358 g/mol. The van der Waals surface area contributed by atoms with Gasteiger partial charge in [0.2, 0.25) is 11.8 Å². The summed E-state index contributed by atoms with van der Waals surface area (Å²) in [6.45, 7) is 2.80. The fourth-order valence-corrected chi connectivity index (χ4v) is 3.99. The predicted molar refractivity (Wildman–Crippen MR) is 95.1 cm³/mol. The molecule has 3 fully saturated rings. The third-order valence-electron chi connectivity index (χ3n) is 5.83. The van der Waals surface area contributed by atoms with Crippen LogP contribution < -0.4 is 5.32 Å². The minimum atomic E-state index is -0.298. The first-order valence-corrected chi connectivity index (χ1v) is 9.36. The fraction of sp³-hybridized carbons (Fsp3) is 0.632. The van der Waals surface area contributed by atoms with E-state index in [0.717, 1.165) is 18.4 Å². The summed E-state index contributed by atoms with van der Waals surface area (Å²) in [6.07, 6.45) is 6.69. The molecule has 1 aromatic rings. The normalized spacial score (nSPS) is 25.4. The lowest BCUT2D eigenvalue weighted by atomic mass is 9.81. The zero-order chi connectivity index (χ0) is 18.1. The molecule has 140 valence electrons. The van der Waals surface area contributed by atoms with Gasteiger partial charge in [-0.25, -0.2) is 0 Å². The van der Waals surface area contributed by atoms with Crippen molar-refractivity contribution in [2.24, 2.45) is 5.92 Å². The summed E-state index contributed by atoms with van der Waals surface area (Å²) < 4.78 is 6.06. The Morgan fingerprint density at radius 3 is 2.77 bits per heavy atom. The van der Waals surface area contributed by atoms with Gasteiger partial charge < -0.3 is 15.0 Å². The molecule has 7 nitrogen and oxygen atoms in total. The van der Waals surface area contributed by atoms with E-state index in [0.29, 0.717) is 32.8 Å². The van der Waals surface area contributed by atoms with E-state index < -0.39 is 0 Å². The number of hydrogen-bond donors (Lipinski definition) is 1. The number of likely N-dealkylation sites (N-methyl/N-ethyl adjacent to an activating group) is 1. The number of nitrogens with zero attached hydrogens (tertiary/aromatic N) is 3. The van der Waals surface area contributed by atoms with Gasteiger partial charge in [0, 0.05) is 31.4 Å². The molecule has 1 atom stereocenters. The second-order valence-electron chi connectivity index (χ2n) is 7.83. The highest BCUT2D eigenvalue weighted by Crippen LogP contribution is 2.35. The monoisotopic (exact) mass is 358 g/mol. The third kappa shape index (κ3) is 3.33. The Hall–Kier alpha value is -1.99. The van der Waals surface area contributed by atoms with Gasteiger partial charge in [-0.2, -0.15) is 0 Å². The first-order valence-electron chi connectivity index (χ1n) is 9.36. The summed E-state index contributed by atoms with van der Waals surface area (Å²) in [7, 11) is 1.95. The maximum absolute atomic E-state index is 12.5. The number of nitrogens with one attached hydrogen (secondary N) is 1. The van der Waals surface area contributed by atoms with Gasteiger partial charge in [0.15, 0.2) is 0 Å². The zero-order valence-corrected chi connectivity index (χ0v) is 15.2. The smallest absolute Gasteiger partial charge is 0.240 e. The van der Waals surface area contributed by atoms with Crippen molar-refractivity contribution >= 4 is 11.8 Å². The molecule has 1 saturated carbocycles. The summed E-state index contributed by atoms with van der Waals surface area (Å²) in [5.41, 5.74) is 0.676. The number of hydrogen-bond acceptors (Lipinski definition) is 5. The minimum Gasteiger partial charge on any atom is -0.368 e. The van der Waals surface area contributed by atoms with Crippen molar-refractivity contribution in [3.05, 3.63) is 30.1 Å². The maximum Gasteiger partial charge on any atom is 0.240 e. The van der Waals surface area contributed by atoms with Crippen molar-refractivity contribution < 1.29 is 14.3 Å². The van der Waals surface area contributed by atoms with Crippen LogP contribution in [0.25, 0.3) is 0 Å². The number of carbonyl (C=O) groups is 2. The molecule has 2 saturated heterocycles. The topological polar surface area (TPSA) is 74.8 Å². The van der Waals surface area contributed by atoms with Gasteiger partial charge >= 0.3 is 0 Å². The highest BCUT2D eigenvalue weighted by atomic mass is 16.5. The number of morpholine rings is 1. The van der Waals surface area contributed by atoms with E-state index in [9.17, 15) is 9.59 Å². The molecule has 1 N–H and O–H groups in total. The van der Waals surface area contributed by atoms with E-state index in [2.05, 4.69) is 10.3 Å². The second-order valence-corrected chi connectivity index (χ2v) is 7.83. The van der Waals surface area contributed by atoms with Crippen LogP contribution in [-0.4, -0.2) is 71.5 Å². The Balaban J connectivity index is 1.26. The van der Waals surface area contributed by atoms with Crippen LogP contribution in [-0.2, 0) is 20.9 Å². The molecular weight excluding hydrogens is 332 g/mol. The van der Waals surface area contributed by atoms with Gasteiger partial charge in [-0.15, -0.1) is 0 Å². The predicted octanol–water partition coefficient (Wildman–Crippen LogP) is 0.410. The van der Waals surface area contributed by atoms with Gasteiger partial charge in [0.25, 0.3) is 0 Å². The van der Waals surface area contributed by atoms with Gasteiger partial charge in [-0.05, 0) is 31.5 Å². The lowest BCUT2D eigenvalue weighted by Crippen LogP contribution is -2.73. The summed E-state index contributed by atoms with van der Waals surface area (Å²) in [5.74, 6) is 0.483. The first-order chi connectivity index (χ1) is 12.6. The molecule has 0 radical (unpaired) electrons. The van der Waals surface area contributed by atoms with Gasteiger partial charge in [0.1, 0.15) is 11.6 Å². The molecule has 26 heavy (non-hydrogen) atoms. The molecule has 7 heteroatoms. The number of pyridine rings is 1. The molecule has 0 bridgehead atoms. The molecule has 0 unspecified atom stereocenters. The number of aromatic nitrogens is 1. The molecule has 0 aromatic carbocycles. The van der Waals surface area contributed by atoms with E-state index in [1.54, 1.807) is 12.4 Å². The van der Waals surface area contributed by atoms with Crippen LogP contribution in [0.1, 0.15) is 24.8 Å². The van der Waals surface area contributed by atoms with Crippen LogP contribution in [0.4, 0.5) is 0 Å². The maximum atomic E-state index is 12.5. The molecule has 1 aromatic heterocycles. The van der Waals surface area contributed by atoms with Crippen LogP contribution in [0.3, 0.4) is 0 Å². The van der Waals surface area contributed by atoms with E-state index in [4.69, 9.17) is 4.74 Å². The molecule has 4 rings (SSSR count). The van der Waals surface area contributed by atoms with Crippen LogP contribution >= 0.6 is 0 Å². The largest absolute Gasteiger partial charge is 0.368 e. The van der Waals surface area contributed by atoms with Crippen molar-refractivity contribution in [2.45, 2.75) is 37.5 Å². The third-order valence-corrected chi connectivity index (χ3v) is 5.83. The molecule has 2 aliphatic heterocycles. The number of rotatable bonds is 4. The Morgan fingerprint density at radius 2 is 2.15 bits per heavy atom. The van der Waals surface area contributed by atoms with Crippen molar-refractivity contribution in [3.63, 3.8) is 0 Å². The molecule has 3 heterocycles. The number of likely N-dealkylation sites (tertiary alicyclic amines) is 1. The van der Waals surface area contributed by atoms with Gasteiger partial charge in [-0.1, -0.05) is 12.5 Å². The molecule has 1 spiro atoms. The van der Waals surface area contributed by atoms with Crippen LogP contribution in [0.15, 0.2) is 24.5 Å². The van der Waals surface area contributed by atoms with Crippen molar-refractivity contribution in [3.8, 4) is 0 Å². The van der Waals surface area contributed by atoms with E-state index in [-0.39, 0.29) is 29.4 Å². The Bertz CT molecular complexity index is 671. The minimum absolute atomic E-state index is 0.0343. The Labute approximate surface area is 153 Å². The van der Waals surface area contributed by atoms with Crippen molar-refractivity contribution in [2.75, 3.05) is 33.3 Å². The van der Waals surface area contributed by atoms with Crippen LogP contribution in [0, 0.1) is 5.92 Å². The summed E-state index contributed by atoms with van der Waals surface area (Å²) in [6, 6.07) is 3.49. The summed E-state index contributed by atoms with van der Waals surface area (Å²) in [4.78, 5) is 32.8. The van der Waals surface area contributed by atoms with Gasteiger partial charge in [0.05, 0.1) is 19.7 Å². The molecule has 2 amide bonds. The van der Waals surface area contributed by atoms with E-state index in [1.807, 2.05) is 29.0 Å². The van der Waals surface area contributed by atoms with E-state index >= 15 is 0 Å². The lowest BCUT2D eigenvalue weighted by molar-refractivity contribution is -0.204. The number of amides is 2. The van der Waals surface area contributed by atoms with E-state index in [1.165, 1.54) is 6.42 Å². The molecular formula is C19H26N4O3. The van der Waals surface area contributed by atoms with Crippen LogP contribution in [0.5, 0.6) is 0 Å². The average Bonchev–Trinajstić information content (AvgIpc) is 2.56. The lowest BCUT2D eigenvalue weighted by Gasteiger charge is -2.55. The zero-order valence-electron chi connectivity index (χ0n) is 15.2. The number of carbonyl (C=O) groups excluding carboxylic acids is 2. The molecule has 1 aliphatic carbocycles. The summed E-state index contributed by atoms with van der Waals surface area (Å²) >= 11 is 0. The standard InChI is InChI=1S/C19H26N4O3/c1-22-11-19(12-23(13-19)18(25)15-5-2-6-15)26-10-16(22)17(24)21-9-14-4-3-7-20-8-14/h3-4,7-8,15-16H,2,5-6,9-13H2,1H3,(H,21,24)/t16-/m0/s1. The summed E-state index contributed by atoms with van der Waals surface area (Å²) in [5, 5.41) is 2.95. The highest BCUT2D eigenvalue weighted by Gasteiger charge is 2.52. The quantitative estimate of drug-likeness (QED) is 0.844. The number of ether oxygens (including phenoxy) is 1. The fourth-order valence-electron chi connectivity index (χ4n) is 3.99. The van der Waals surface area contributed by atoms with Crippen molar-refractivity contribution in [1.82, 2.24) is 20.1 Å². The first kappa shape index (κ1) is 17.4. The van der Waals surface area contributed by atoms with Gasteiger partial charge in [-0.3, -0.25) is 19.5 Å². The Kier molecular flexibility index (Phi) is 4.67. The van der Waals surface area contributed by atoms with Crippen molar-refractivity contribution in [1.29, 1.82) is 0 Å². The molecule has 3 aliphatic rings. The SMILES string of the molecule is CN1CC2(CN(C(=O)C3CCC3)C2)OC[C@H]1C(=O)NCc1cccnc1. The Morgan fingerprint density at radius 1 is 1.35 bits per heavy atom. The van der Waals surface area contributed by atoms with Crippen LogP contribution in [0.2, 0.25) is 0 Å². The second kappa shape index (κ2) is 6.96. The highest BCUT2D eigenvalue weighted by molar-refractivity contribution is 5.82.